The van der Waals surface area contributed by atoms with Crippen molar-refractivity contribution in [3.63, 3.8) is 0 Å². The van der Waals surface area contributed by atoms with E-state index in [1.54, 1.807) is 25.2 Å². The van der Waals surface area contributed by atoms with E-state index in [1.165, 1.54) is 16.7 Å². The number of rotatable bonds is 4. The number of aromatic nitrogens is 2. The van der Waals surface area contributed by atoms with Gasteiger partial charge in [-0.25, -0.2) is 13.2 Å². The largest absolute Gasteiger partial charge is 0.312 e. The normalized spacial score (nSPS) is 15.6. The topological polar surface area (TPSA) is 64.0 Å². The van der Waals surface area contributed by atoms with Crippen molar-refractivity contribution >= 4 is 23.5 Å². The highest BCUT2D eigenvalue weighted by molar-refractivity contribution is 7.98. The second-order valence-corrected chi connectivity index (χ2v) is 7.81. The highest BCUT2D eigenvalue weighted by atomic mass is 32.2. The Balaban J connectivity index is 1.75. The predicted molar refractivity (Wildman–Crippen MR) is 107 cm³/mol. The minimum atomic E-state index is -0.883. The smallest absolute Gasteiger partial charge is 0.279 e. The number of hydrogen-bond donors (Lipinski definition) is 1. The molecule has 0 saturated heterocycles. The molecule has 5 nitrogen and oxygen atoms in total. The van der Waals surface area contributed by atoms with Gasteiger partial charge in [-0.05, 0) is 23.3 Å². The van der Waals surface area contributed by atoms with Gasteiger partial charge >= 0.3 is 0 Å². The molecule has 0 spiro atoms. The van der Waals surface area contributed by atoms with Crippen molar-refractivity contribution in [3.05, 3.63) is 87.0 Å². The first-order chi connectivity index (χ1) is 14.3. The SMILES string of the molecule is Cn1c(SCc2ccccc2F)nc(=O)c2c1NC(=O)C[C@@H]2c1ccc(F)cc1F. The van der Waals surface area contributed by atoms with Crippen LogP contribution in [-0.2, 0) is 17.6 Å². The van der Waals surface area contributed by atoms with Crippen LogP contribution in [0.4, 0.5) is 19.0 Å². The molecule has 0 radical (unpaired) electrons. The summed E-state index contributed by atoms with van der Waals surface area (Å²) < 4.78 is 43.1. The van der Waals surface area contributed by atoms with Crippen LogP contribution in [0.25, 0.3) is 0 Å². The molecule has 3 aromatic rings. The molecule has 30 heavy (non-hydrogen) atoms. The fraction of sp³-hybridized carbons (Fsp3) is 0.190. The van der Waals surface area contributed by atoms with Crippen LogP contribution >= 0.6 is 11.8 Å². The summed E-state index contributed by atoms with van der Waals surface area (Å²) in [4.78, 5) is 29.2. The van der Waals surface area contributed by atoms with Crippen molar-refractivity contribution in [3.8, 4) is 0 Å². The molecule has 0 bridgehead atoms. The maximum Gasteiger partial charge on any atom is 0.279 e. The highest BCUT2D eigenvalue weighted by Gasteiger charge is 2.33. The molecule has 1 aromatic heterocycles. The number of nitrogens with zero attached hydrogens (tertiary/aromatic N) is 2. The second kappa shape index (κ2) is 7.98. The Kier molecular flexibility index (Phi) is 5.38. The summed E-state index contributed by atoms with van der Waals surface area (Å²) in [5, 5.41) is 2.93. The Morgan fingerprint density at radius 2 is 1.90 bits per heavy atom. The van der Waals surface area contributed by atoms with Crippen molar-refractivity contribution < 1.29 is 18.0 Å². The number of benzene rings is 2. The first kappa shape index (κ1) is 20.2. The Labute approximate surface area is 174 Å². The van der Waals surface area contributed by atoms with E-state index in [2.05, 4.69) is 10.3 Å². The van der Waals surface area contributed by atoms with Crippen molar-refractivity contribution in [1.82, 2.24) is 9.55 Å². The Bertz CT molecular complexity index is 1210. The minimum Gasteiger partial charge on any atom is -0.312 e. The lowest BCUT2D eigenvalue weighted by Crippen LogP contribution is -2.33. The van der Waals surface area contributed by atoms with E-state index in [4.69, 9.17) is 0 Å². The van der Waals surface area contributed by atoms with Gasteiger partial charge in [0, 0.05) is 31.2 Å². The van der Waals surface area contributed by atoms with Crippen molar-refractivity contribution in [2.24, 2.45) is 7.05 Å². The number of hydrogen-bond acceptors (Lipinski definition) is 4. The van der Waals surface area contributed by atoms with Crippen LogP contribution in [0, 0.1) is 17.5 Å². The first-order valence-corrected chi connectivity index (χ1v) is 10.1. The van der Waals surface area contributed by atoms with Crippen LogP contribution in [0.2, 0.25) is 0 Å². The zero-order valence-electron chi connectivity index (χ0n) is 15.8. The molecule has 0 unspecified atom stereocenters. The fourth-order valence-electron chi connectivity index (χ4n) is 3.47. The van der Waals surface area contributed by atoms with Gasteiger partial charge in [0.25, 0.3) is 5.56 Å². The number of carbonyl (C=O) groups excluding carboxylic acids is 1. The summed E-state index contributed by atoms with van der Waals surface area (Å²) in [6, 6.07) is 9.31. The van der Waals surface area contributed by atoms with E-state index in [1.807, 2.05) is 0 Å². The van der Waals surface area contributed by atoms with E-state index < -0.39 is 29.0 Å². The maximum atomic E-state index is 14.4. The molecular weight excluding hydrogens is 415 g/mol. The number of amides is 1. The Morgan fingerprint density at radius 3 is 2.63 bits per heavy atom. The Hall–Kier alpha value is -3.07. The van der Waals surface area contributed by atoms with Gasteiger partial charge in [0.05, 0.1) is 5.56 Å². The molecule has 0 saturated carbocycles. The van der Waals surface area contributed by atoms with E-state index in [-0.39, 0.29) is 40.1 Å². The minimum absolute atomic E-state index is 0.0539. The van der Waals surface area contributed by atoms with Gasteiger partial charge in [0.1, 0.15) is 23.3 Å². The van der Waals surface area contributed by atoms with Crippen molar-refractivity contribution in [2.75, 3.05) is 5.32 Å². The first-order valence-electron chi connectivity index (χ1n) is 9.07. The molecule has 1 aliphatic rings. The third-order valence-corrected chi connectivity index (χ3v) is 6.03. The molecule has 0 fully saturated rings. The summed E-state index contributed by atoms with van der Waals surface area (Å²) in [6.45, 7) is 0. The lowest BCUT2D eigenvalue weighted by molar-refractivity contribution is -0.116. The number of carbonyl (C=O) groups is 1. The molecule has 0 aliphatic carbocycles. The molecule has 1 aliphatic heterocycles. The van der Waals surface area contributed by atoms with Crippen molar-refractivity contribution in [1.29, 1.82) is 0 Å². The van der Waals surface area contributed by atoms with Gasteiger partial charge in [-0.2, -0.15) is 4.98 Å². The molecule has 1 N–H and O–H groups in total. The van der Waals surface area contributed by atoms with Gasteiger partial charge in [-0.15, -0.1) is 0 Å². The summed E-state index contributed by atoms with van der Waals surface area (Å²) in [5.74, 6) is -2.79. The van der Waals surface area contributed by atoms with Gasteiger partial charge in [-0.3, -0.25) is 9.59 Å². The fourth-order valence-corrected chi connectivity index (χ4v) is 4.42. The lowest BCUT2D eigenvalue weighted by atomic mass is 9.86. The van der Waals surface area contributed by atoms with Crippen LogP contribution < -0.4 is 10.9 Å². The summed E-state index contributed by atoms with van der Waals surface area (Å²) in [6.07, 6.45) is -0.159. The van der Waals surface area contributed by atoms with Crippen LogP contribution in [0.15, 0.2) is 52.4 Å². The van der Waals surface area contributed by atoms with Crippen LogP contribution in [0.3, 0.4) is 0 Å². The molecule has 2 heterocycles. The molecule has 154 valence electrons. The average Bonchev–Trinajstić information content (AvgIpc) is 2.70. The molecule has 4 rings (SSSR count). The van der Waals surface area contributed by atoms with E-state index in [0.717, 1.165) is 23.9 Å². The molecule has 2 aromatic carbocycles. The summed E-state index contributed by atoms with van der Waals surface area (Å²) >= 11 is 1.14. The quantitative estimate of drug-likeness (QED) is 0.502. The van der Waals surface area contributed by atoms with Gasteiger partial charge in [0.2, 0.25) is 5.91 Å². The van der Waals surface area contributed by atoms with Gasteiger partial charge in [-0.1, -0.05) is 36.0 Å². The van der Waals surface area contributed by atoms with Crippen LogP contribution in [-0.4, -0.2) is 15.5 Å². The number of nitrogens with one attached hydrogen (secondary N) is 1. The van der Waals surface area contributed by atoms with E-state index in [9.17, 15) is 22.8 Å². The van der Waals surface area contributed by atoms with Crippen LogP contribution in [0.1, 0.15) is 29.0 Å². The second-order valence-electron chi connectivity index (χ2n) is 6.87. The lowest BCUT2D eigenvalue weighted by Gasteiger charge is -2.27. The predicted octanol–water partition coefficient (Wildman–Crippen LogP) is 3.96. The van der Waals surface area contributed by atoms with Gasteiger partial charge < -0.3 is 9.88 Å². The monoisotopic (exact) mass is 431 g/mol. The van der Waals surface area contributed by atoms with Gasteiger partial charge in [0.15, 0.2) is 5.16 Å². The number of anilines is 1. The average molecular weight is 431 g/mol. The highest BCUT2D eigenvalue weighted by Crippen LogP contribution is 2.37. The zero-order valence-corrected chi connectivity index (χ0v) is 16.6. The molecular formula is C21H16F3N3O2S. The van der Waals surface area contributed by atoms with E-state index >= 15 is 0 Å². The Morgan fingerprint density at radius 1 is 1.13 bits per heavy atom. The molecule has 9 heteroatoms. The van der Waals surface area contributed by atoms with E-state index in [0.29, 0.717) is 5.56 Å². The third-order valence-electron chi connectivity index (χ3n) is 4.95. The maximum absolute atomic E-state index is 14.4. The number of thioether (sulfide) groups is 1. The standard InChI is InChI=1S/C21H16F3N3O2S/c1-27-19-18(14(9-17(28)25-19)13-7-6-12(22)8-16(13)24)20(29)26-21(27)30-10-11-4-2-3-5-15(11)23/h2-8,14H,9-10H2,1H3,(H,25,28)/t14-/m1/s1. The molecule has 1 atom stereocenters. The summed E-state index contributed by atoms with van der Waals surface area (Å²) in [7, 11) is 1.61. The van der Waals surface area contributed by atoms with Crippen molar-refractivity contribution in [2.45, 2.75) is 23.2 Å². The van der Waals surface area contributed by atoms with Crippen LogP contribution in [0.5, 0.6) is 0 Å². The number of halogens is 3. The third kappa shape index (κ3) is 3.72. The summed E-state index contributed by atoms with van der Waals surface area (Å²) in [5.41, 5.74) is 0.0219. The zero-order chi connectivity index (χ0) is 21.4. The number of fused-ring (bicyclic) bond motifs is 1. The molecule has 1 amide bonds.